The van der Waals surface area contributed by atoms with Gasteiger partial charge in [-0.3, -0.25) is 0 Å². The molecule has 0 spiro atoms. The summed E-state index contributed by atoms with van der Waals surface area (Å²) >= 11 is 0. The molecule has 0 aromatic heterocycles. The maximum atomic E-state index is 10.6. The van der Waals surface area contributed by atoms with Crippen LogP contribution in [0.2, 0.25) is 0 Å². The Bertz CT molecular complexity index is 132. The SMILES string of the molecule is O=C(CO)OC1CCNCC1. The highest BCUT2D eigenvalue weighted by atomic mass is 16.6. The van der Waals surface area contributed by atoms with Crippen LogP contribution < -0.4 is 5.32 Å². The van der Waals surface area contributed by atoms with Gasteiger partial charge < -0.3 is 15.2 Å². The summed E-state index contributed by atoms with van der Waals surface area (Å²) in [6.07, 6.45) is 1.72. The van der Waals surface area contributed by atoms with Gasteiger partial charge in [0.05, 0.1) is 0 Å². The highest BCUT2D eigenvalue weighted by molar-refractivity contribution is 5.70. The van der Waals surface area contributed by atoms with Crippen molar-refractivity contribution in [2.24, 2.45) is 0 Å². The minimum atomic E-state index is -0.517. The molecule has 4 heteroatoms. The molecule has 11 heavy (non-hydrogen) atoms. The van der Waals surface area contributed by atoms with Crippen molar-refractivity contribution in [3.8, 4) is 0 Å². The second kappa shape index (κ2) is 4.31. The summed E-state index contributed by atoms with van der Waals surface area (Å²) < 4.78 is 4.91. The van der Waals surface area contributed by atoms with E-state index in [0.717, 1.165) is 25.9 Å². The van der Waals surface area contributed by atoms with Crippen LogP contribution in [0.25, 0.3) is 0 Å². The third kappa shape index (κ3) is 2.86. The molecule has 1 rings (SSSR count). The van der Waals surface area contributed by atoms with E-state index >= 15 is 0 Å². The van der Waals surface area contributed by atoms with Gasteiger partial charge in [-0.15, -0.1) is 0 Å². The molecule has 0 aromatic rings. The molecule has 0 bridgehead atoms. The Morgan fingerprint density at radius 3 is 2.73 bits per heavy atom. The third-order valence-corrected chi connectivity index (χ3v) is 1.71. The Morgan fingerprint density at radius 2 is 2.18 bits per heavy atom. The average Bonchev–Trinajstić information content (AvgIpc) is 2.06. The summed E-state index contributed by atoms with van der Waals surface area (Å²) in [7, 11) is 0. The molecule has 1 saturated heterocycles. The third-order valence-electron chi connectivity index (χ3n) is 1.71. The van der Waals surface area contributed by atoms with Gasteiger partial charge in [0.15, 0.2) is 0 Å². The zero-order valence-electron chi connectivity index (χ0n) is 6.38. The van der Waals surface area contributed by atoms with Crippen LogP contribution in [0.4, 0.5) is 0 Å². The highest BCUT2D eigenvalue weighted by Crippen LogP contribution is 2.06. The Labute approximate surface area is 65.5 Å². The van der Waals surface area contributed by atoms with Crippen LogP contribution in [-0.4, -0.2) is 36.9 Å². The van der Waals surface area contributed by atoms with E-state index in [4.69, 9.17) is 9.84 Å². The fraction of sp³-hybridized carbons (Fsp3) is 0.857. The summed E-state index contributed by atoms with van der Waals surface area (Å²) in [6.45, 7) is 1.27. The number of nitrogens with one attached hydrogen (secondary N) is 1. The number of ether oxygens (including phenoxy) is 1. The first kappa shape index (κ1) is 8.49. The van der Waals surface area contributed by atoms with E-state index in [9.17, 15) is 4.79 Å². The van der Waals surface area contributed by atoms with Crippen LogP contribution >= 0.6 is 0 Å². The molecule has 0 radical (unpaired) electrons. The predicted molar refractivity (Wildman–Crippen MR) is 39.1 cm³/mol. The molecule has 0 unspecified atom stereocenters. The molecule has 1 heterocycles. The summed E-state index contributed by atoms with van der Waals surface area (Å²) in [5.41, 5.74) is 0. The molecule has 64 valence electrons. The molecule has 0 aliphatic carbocycles. The zero-order chi connectivity index (χ0) is 8.10. The summed E-state index contributed by atoms with van der Waals surface area (Å²) in [5.74, 6) is -0.517. The highest BCUT2D eigenvalue weighted by Gasteiger charge is 2.16. The number of carbonyl (C=O) groups is 1. The lowest BCUT2D eigenvalue weighted by Gasteiger charge is -2.22. The minimum absolute atomic E-state index is 0.0101. The lowest BCUT2D eigenvalue weighted by molar-refractivity contribution is -0.153. The van der Waals surface area contributed by atoms with Gasteiger partial charge in [0.25, 0.3) is 0 Å². The molecule has 0 amide bonds. The summed E-state index contributed by atoms with van der Waals surface area (Å²) in [4.78, 5) is 10.6. The summed E-state index contributed by atoms with van der Waals surface area (Å²) in [6, 6.07) is 0. The Kier molecular flexibility index (Phi) is 3.32. The molecule has 2 N–H and O–H groups in total. The predicted octanol–water partition coefficient (Wildman–Crippen LogP) is -0.726. The first-order valence-corrected chi connectivity index (χ1v) is 3.84. The van der Waals surface area contributed by atoms with Crippen molar-refractivity contribution in [2.75, 3.05) is 19.7 Å². The van der Waals surface area contributed by atoms with Crippen molar-refractivity contribution < 1.29 is 14.6 Å². The van der Waals surface area contributed by atoms with Crippen LogP contribution in [0.5, 0.6) is 0 Å². The van der Waals surface area contributed by atoms with Crippen LogP contribution in [0, 0.1) is 0 Å². The first-order valence-electron chi connectivity index (χ1n) is 3.84. The van der Waals surface area contributed by atoms with Gasteiger partial charge >= 0.3 is 5.97 Å². The zero-order valence-corrected chi connectivity index (χ0v) is 6.38. The van der Waals surface area contributed by atoms with E-state index in [1.807, 2.05) is 0 Å². The van der Waals surface area contributed by atoms with Gasteiger partial charge in [-0.25, -0.2) is 4.79 Å². The second-order valence-electron chi connectivity index (χ2n) is 2.60. The molecular formula is C7H13NO3. The standard InChI is InChI=1S/C7H13NO3/c9-5-7(10)11-6-1-3-8-4-2-6/h6,8-9H,1-5H2. The number of esters is 1. The topological polar surface area (TPSA) is 58.6 Å². The van der Waals surface area contributed by atoms with E-state index in [1.54, 1.807) is 0 Å². The smallest absolute Gasteiger partial charge is 0.332 e. The first-order chi connectivity index (χ1) is 5.33. The lowest BCUT2D eigenvalue weighted by Crippen LogP contribution is -2.34. The Hall–Kier alpha value is -0.610. The van der Waals surface area contributed by atoms with E-state index in [0.29, 0.717) is 0 Å². The fourth-order valence-electron chi connectivity index (χ4n) is 1.14. The molecule has 1 fully saturated rings. The normalized spacial score (nSPS) is 19.7. The number of piperidine rings is 1. The largest absolute Gasteiger partial charge is 0.461 e. The number of hydrogen-bond acceptors (Lipinski definition) is 4. The van der Waals surface area contributed by atoms with Crippen molar-refractivity contribution >= 4 is 5.97 Å². The fourth-order valence-corrected chi connectivity index (χ4v) is 1.14. The lowest BCUT2D eigenvalue weighted by atomic mass is 10.1. The number of rotatable bonds is 2. The van der Waals surface area contributed by atoms with Gasteiger partial charge in [0, 0.05) is 0 Å². The Morgan fingerprint density at radius 1 is 1.55 bits per heavy atom. The molecule has 1 aliphatic rings. The average molecular weight is 159 g/mol. The van der Waals surface area contributed by atoms with Crippen LogP contribution in [0.15, 0.2) is 0 Å². The van der Waals surface area contributed by atoms with Gasteiger partial charge in [0.1, 0.15) is 12.7 Å². The molecule has 1 aliphatic heterocycles. The number of hydrogen-bond donors (Lipinski definition) is 2. The van der Waals surface area contributed by atoms with Crippen molar-refractivity contribution in [1.82, 2.24) is 5.32 Å². The maximum Gasteiger partial charge on any atom is 0.332 e. The van der Waals surface area contributed by atoms with Crippen LogP contribution in [-0.2, 0) is 9.53 Å². The molecule has 0 atom stereocenters. The van der Waals surface area contributed by atoms with Crippen molar-refractivity contribution in [3.63, 3.8) is 0 Å². The van der Waals surface area contributed by atoms with Crippen LogP contribution in [0.1, 0.15) is 12.8 Å². The van der Waals surface area contributed by atoms with Gasteiger partial charge in [-0.2, -0.15) is 0 Å². The monoisotopic (exact) mass is 159 g/mol. The molecule has 0 saturated carbocycles. The summed E-state index contributed by atoms with van der Waals surface area (Å²) in [5, 5.41) is 11.5. The molecule has 0 aromatic carbocycles. The van der Waals surface area contributed by atoms with E-state index in [1.165, 1.54) is 0 Å². The minimum Gasteiger partial charge on any atom is -0.461 e. The van der Waals surface area contributed by atoms with Crippen molar-refractivity contribution in [3.05, 3.63) is 0 Å². The maximum absolute atomic E-state index is 10.6. The Balaban J connectivity index is 2.19. The molecule has 4 nitrogen and oxygen atoms in total. The van der Waals surface area contributed by atoms with E-state index in [2.05, 4.69) is 5.32 Å². The quantitative estimate of drug-likeness (QED) is 0.522. The van der Waals surface area contributed by atoms with Crippen molar-refractivity contribution in [1.29, 1.82) is 0 Å². The van der Waals surface area contributed by atoms with Gasteiger partial charge in [-0.1, -0.05) is 0 Å². The number of carbonyl (C=O) groups excluding carboxylic acids is 1. The van der Waals surface area contributed by atoms with E-state index in [-0.39, 0.29) is 6.10 Å². The van der Waals surface area contributed by atoms with Crippen molar-refractivity contribution in [2.45, 2.75) is 18.9 Å². The molecular weight excluding hydrogens is 146 g/mol. The van der Waals surface area contributed by atoms with Crippen LogP contribution in [0.3, 0.4) is 0 Å². The second-order valence-corrected chi connectivity index (χ2v) is 2.60. The van der Waals surface area contributed by atoms with Gasteiger partial charge in [0.2, 0.25) is 0 Å². The van der Waals surface area contributed by atoms with Gasteiger partial charge in [-0.05, 0) is 25.9 Å². The van der Waals surface area contributed by atoms with E-state index < -0.39 is 12.6 Å². The number of aliphatic hydroxyl groups excluding tert-OH is 1. The number of aliphatic hydroxyl groups is 1.